The van der Waals surface area contributed by atoms with Crippen molar-refractivity contribution in [2.75, 3.05) is 19.6 Å². The second kappa shape index (κ2) is 7.79. The lowest BCUT2D eigenvalue weighted by Gasteiger charge is -2.55. The third kappa shape index (κ3) is 3.61. The van der Waals surface area contributed by atoms with E-state index in [2.05, 4.69) is 56.0 Å². The Morgan fingerprint density at radius 2 is 1.79 bits per heavy atom. The molecule has 2 aliphatic heterocycles. The second-order valence-corrected chi connectivity index (χ2v) is 7.07. The number of nitrogens with zero attached hydrogens (tertiary/aromatic N) is 2. The van der Waals surface area contributed by atoms with Crippen LogP contribution in [0.5, 0.6) is 0 Å². The minimum absolute atomic E-state index is 0.0917. The van der Waals surface area contributed by atoms with Crippen LogP contribution in [0.2, 0.25) is 0 Å². The fraction of sp³-hybridized carbons (Fsp3) is 0.579. The van der Waals surface area contributed by atoms with Gasteiger partial charge < -0.3 is 10.0 Å². The first-order valence-corrected chi connectivity index (χ1v) is 8.63. The van der Waals surface area contributed by atoms with Gasteiger partial charge in [-0.3, -0.25) is 14.5 Å². The molecule has 0 aromatic heterocycles. The van der Waals surface area contributed by atoms with Crippen LogP contribution in [0, 0.1) is 5.41 Å². The number of amides is 1. The quantitative estimate of drug-likeness (QED) is 0.683. The summed E-state index contributed by atoms with van der Waals surface area (Å²) >= 11 is 0. The van der Waals surface area contributed by atoms with Crippen molar-refractivity contribution in [3.05, 3.63) is 35.9 Å². The van der Waals surface area contributed by atoms with Gasteiger partial charge in [0.1, 0.15) is 0 Å². The average Bonchev–Trinajstić information content (AvgIpc) is 2.60. The SMILES string of the molecule is CC(c1ccccc1)N1CCCC2(C1)CN(C(C)C)C2=O.O=CO. The van der Waals surface area contributed by atoms with Gasteiger partial charge in [-0.1, -0.05) is 30.3 Å². The number of hydrogen-bond donors (Lipinski definition) is 1. The van der Waals surface area contributed by atoms with Crippen LogP contribution in [0.4, 0.5) is 0 Å². The Morgan fingerprint density at radius 3 is 2.33 bits per heavy atom. The monoisotopic (exact) mass is 332 g/mol. The summed E-state index contributed by atoms with van der Waals surface area (Å²) in [5.74, 6) is 0.377. The van der Waals surface area contributed by atoms with Crippen LogP contribution in [0.15, 0.2) is 30.3 Å². The van der Waals surface area contributed by atoms with Gasteiger partial charge in [0.25, 0.3) is 6.47 Å². The highest BCUT2D eigenvalue weighted by Gasteiger charge is 2.54. The first-order chi connectivity index (χ1) is 11.4. The van der Waals surface area contributed by atoms with Crippen LogP contribution >= 0.6 is 0 Å². The van der Waals surface area contributed by atoms with Gasteiger partial charge in [0, 0.05) is 25.2 Å². The lowest BCUT2D eigenvalue weighted by molar-refractivity contribution is -0.170. The van der Waals surface area contributed by atoms with Crippen LogP contribution < -0.4 is 0 Å². The summed E-state index contributed by atoms with van der Waals surface area (Å²) in [6.07, 6.45) is 2.20. The largest absolute Gasteiger partial charge is 0.483 e. The summed E-state index contributed by atoms with van der Waals surface area (Å²) in [7, 11) is 0. The van der Waals surface area contributed by atoms with Crippen molar-refractivity contribution in [1.29, 1.82) is 0 Å². The third-order valence-corrected chi connectivity index (χ3v) is 5.25. The zero-order valence-electron chi connectivity index (χ0n) is 14.8. The average molecular weight is 332 g/mol. The van der Waals surface area contributed by atoms with Crippen LogP contribution in [0.1, 0.15) is 45.2 Å². The number of rotatable bonds is 3. The molecule has 1 N–H and O–H groups in total. The highest BCUT2D eigenvalue weighted by Crippen LogP contribution is 2.43. The minimum atomic E-state index is -0.250. The van der Waals surface area contributed by atoms with Crippen molar-refractivity contribution in [3.8, 4) is 0 Å². The molecule has 1 amide bonds. The molecule has 2 atom stereocenters. The van der Waals surface area contributed by atoms with Crippen molar-refractivity contribution in [1.82, 2.24) is 9.80 Å². The minimum Gasteiger partial charge on any atom is -0.483 e. The second-order valence-electron chi connectivity index (χ2n) is 7.07. The van der Waals surface area contributed by atoms with Gasteiger partial charge in [0.15, 0.2) is 0 Å². The van der Waals surface area contributed by atoms with E-state index >= 15 is 0 Å². The lowest BCUT2D eigenvalue weighted by atomic mass is 9.71. The number of β-lactam (4-membered cyclic amide) rings is 1. The van der Waals surface area contributed by atoms with Gasteiger partial charge >= 0.3 is 0 Å². The van der Waals surface area contributed by atoms with E-state index in [1.165, 1.54) is 5.56 Å². The molecule has 0 saturated carbocycles. The van der Waals surface area contributed by atoms with Crippen LogP contribution in [-0.2, 0) is 9.59 Å². The van der Waals surface area contributed by atoms with Gasteiger partial charge in [0.2, 0.25) is 5.91 Å². The van der Waals surface area contributed by atoms with E-state index in [1.54, 1.807) is 0 Å². The van der Waals surface area contributed by atoms with Crippen LogP contribution in [-0.4, -0.2) is 53.0 Å². The van der Waals surface area contributed by atoms with Crippen molar-refractivity contribution in [3.63, 3.8) is 0 Å². The predicted molar refractivity (Wildman–Crippen MR) is 93.6 cm³/mol. The Morgan fingerprint density at radius 1 is 1.17 bits per heavy atom. The zero-order valence-corrected chi connectivity index (χ0v) is 14.8. The first-order valence-electron chi connectivity index (χ1n) is 8.63. The third-order valence-electron chi connectivity index (χ3n) is 5.25. The van der Waals surface area contributed by atoms with E-state index in [-0.39, 0.29) is 11.9 Å². The molecule has 2 saturated heterocycles. The molecule has 5 nitrogen and oxygen atoms in total. The normalized spacial score (nSPS) is 25.0. The first kappa shape index (κ1) is 18.5. The Balaban J connectivity index is 0.000000647. The summed E-state index contributed by atoms with van der Waals surface area (Å²) in [5, 5.41) is 6.89. The fourth-order valence-electron chi connectivity index (χ4n) is 3.84. The highest BCUT2D eigenvalue weighted by atomic mass is 16.3. The number of hydrogen-bond acceptors (Lipinski definition) is 3. The highest BCUT2D eigenvalue weighted by molar-refractivity contribution is 5.89. The molecule has 2 fully saturated rings. The van der Waals surface area contributed by atoms with Gasteiger partial charge in [-0.15, -0.1) is 0 Å². The van der Waals surface area contributed by atoms with E-state index in [1.807, 2.05) is 4.90 Å². The van der Waals surface area contributed by atoms with E-state index < -0.39 is 0 Å². The van der Waals surface area contributed by atoms with Crippen molar-refractivity contribution >= 4 is 12.4 Å². The molecule has 24 heavy (non-hydrogen) atoms. The van der Waals surface area contributed by atoms with Crippen molar-refractivity contribution in [2.45, 2.75) is 45.7 Å². The molecule has 2 unspecified atom stereocenters. The number of likely N-dealkylation sites (tertiary alicyclic amines) is 2. The molecule has 1 aromatic rings. The van der Waals surface area contributed by atoms with Gasteiger partial charge in [0.05, 0.1) is 5.41 Å². The Hall–Kier alpha value is -1.88. The van der Waals surface area contributed by atoms with Crippen molar-refractivity contribution in [2.24, 2.45) is 5.41 Å². The van der Waals surface area contributed by atoms with Gasteiger partial charge in [-0.25, -0.2) is 0 Å². The molecule has 2 heterocycles. The maximum atomic E-state index is 12.6. The van der Waals surface area contributed by atoms with Crippen LogP contribution in [0.3, 0.4) is 0 Å². The zero-order chi connectivity index (χ0) is 17.7. The van der Waals surface area contributed by atoms with E-state index in [0.29, 0.717) is 18.0 Å². The molecule has 5 heteroatoms. The molecule has 0 aliphatic carbocycles. The summed E-state index contributed by atoms with van der Waals surface area (Å²) in [6.45, 7) is 9.20. The Labute approximate surface area is 144 Å². The van der Waals surface area contributed by atoms with Gasteiger partial charge in [-0.05, 0) is 45.7 Å². The summed E-state index contributed by atoms with van der Waals surface area (Å²) in [6, 6.07) is 11.4. The number of carbonyl (C=O) groups excluding carboxylic acids is 1. The molecule has 0 bridgehead atoms. The van der Waals surface area contributed by atoms with E-state index in [0.717, 1.165) is 32.5 Å². The molecule has 132 valence electrons. The van der Waals surface area contributed by atoms with E-state index in [4.69, 9.17) is 9.90 Å². The summed E-state index contributed by atoms with van der Waals surface area (Å²) < 4.78 is 0. The van der Waals surface area contributed by atoms with E-state index in [9.17, 15) is 4.79 Å². The molecule has 1 aromatic carbocycles. The van der Waals surface area contributed by atoms with Crippen LogP contribution in [0.25, 0.3) is 0 Å². The fourth-order valence-corrected chi connectivity index (χ4v) is 3.84. The molecule has 1 spiro atoms. The Kier molecular flexibility index (Phi) is 5.99. The summed E-state index contributed by atoms with van der Waals surface area (Å²) in [5.41, 5.74) is 1.26. The molecule has 0 radical (unpaired) electrons. The molecule has 2 aliphatic rings. The number of carbonyl (C=O) groups is 2. The smallest absolute Gasteiger partial charge is 0.290 e. The number of piperidine rings is 1. The predicted octanol–water partition coefficient (Wildman–Crippen LogP) is 2.78. The molecular formula is C19H28N2O3. The molecular weight excluding hydrogens is 304 g/mol. The van der Waals surface area contributed by atoms with Gasteiger partial charge in [-0.2, -0.15) is 0 Å². The summed E-state index contributed by atoms with van der Waals surface area (Å²) in [4.78, 5) is 25.5. The molecule has 3 rings (SSSR count). The Bertz CT molecular complexity index is 561. The maximum absolute atomic E-state index is 12.6. The lowest BCUT2D eigenvalue weighted by Crippen LogP contribution is -2.68. The topological polar surface area (TPSA) is 60.9 Å². The maximum Gasteiger partial charge on any atom is 0.290 e. The standard InChI is InChI=1S/C18H26N2O.CH2O2/c1-14(2)20-13-18(17(20)21)10-7-11-19(12-18)15(3)16-8-5-4-6-9-16;2-1-3/h4-6,8-9,14-15H,7,10-13H2,1-3H3;1H,(H,2,3). The van der Waals surface area contributed by atoms with Crippen molar-refractivity contribution < 1.29 is 14.7 Å². The number of carboxylic acid groups (broad SMARTS) is 1. The number of benzene rings is 1.